The second kappa shape index (κ2) is 4.49. The van der Waals surface area contributed by atoms with Crippen LogP contribution < -0.4 is 4.74 Å². The van der Waals surface area contributed by atoms with E-state index < -0.39 is 0 Å². The topological polar surface area (TPSA) is 35.3 Å². The van der Waals surface area contributed by atoms with Crippen molar-refractivity contribution in [1.82, 2.24) is 5.16 Å². The summed E-state index contributed by atoms with van der Waals surface area (Å²) in [6.07, 6.45) is 1.61. The Morgan fingerprint density at radius 2 is 2.13 bits per heavy atom. The van der Waals surface area contributed by atoms with Gasteiger partial charge in [-0.1, -0.05) is 17.3 Å². The molecule has 0 fully saturated rings. The summed E-state index contributed by atoms with van der Waals surface area (Å²) in [5.41, 5.74) is 0.904. The molecule has 1 atom stereocenters. The highest BCUT2D eigenvalue weighted by atomic mass is 79.9. The molecular weight excluding hydrogens is 258 g/mol. The molecule has 0 aliphatic rings. The first-order valence-electron chi connectivity index (χ1n) is 4.58. The molecule has 0 radical (unpaired) electrons. The zero-order valence-electron chi connectivity index (χ0n) is 8.18. The summed E-state index contributed by atoms with van der Waals surface area (Å²) in [4.78, 5) is 0. The Bertz CT molecular complexity index is 426. The van der Waals surface area contributed by atoms with Crippen molar-refractivity contribution in [2.45, 2.75) is 11.9 Å². The number of hydrogen-bond acceptors (Lipinski definition) is 3. The lowest BCUT2D eigenvalue weighted by Gasteiger charge is -2.10. The number of hydrogen-bond donors (Lipinski definition) is 0. The summed E-state index contributed by atoms with van der Waals surface area (Å²) in [7, 11) is 0. The minimum atomic E-state index is -0.0402. The molecule has 1 heterocycles. The van der Waals surface area contributed by atoms with Crippen LogP contribution in [-0.4, -0.2) is 10.2 Å². The second-order valence-electron chi connectivity index (χ2n) is 3.03. The summed E-state index contributed by atoms with van der Waals surface area (Å²) in [6, 6.07) is 9.50. The fourth-order valence-electron chi connectivity index (χ4n) is 1.30. The summed E-state index contributed by atoms with van der Waals surface area (Å²) >= 11 is 3.34. The van der Waals surface area contributed by atoms with Gasteiger partial charge in [-0.05, 0) is 35.0 Å². The van der Waals surface area contributed by atoms with Crippen LogP contribution >= 0.6 is 15.9 Å². The van der Waals surface area contributed by atoms with Crippen LogP contribution in [0.25, 0.3) is 11.3 Å². The van der Waals surface area contributed by atoms with E-state index in [0.717, 1.165) is 11.3 Å². The maximum absolute atomic E-state index is 5.60. The number of alkyl halides is 1. The Morgan fingerprint density at radius 3 is 2.80 bits per heavy atom. The Morgan fingerprint density at radius 1 is 1.33 bits per heavy atom. The average Bonchev–Trinajstić information content (AvgIpc) is 2.70. The van der Waals surface area contributed by atoms with Gasteiger partial charge in [0, 0.05) is 6.07 Å². The first-order chi connectivity index (χ1) is 7.27. The number of para-hydroxylation sites is 1. The van der Waals surface area contributed by atoms with Crippen molar-refractivity contribution >= 4 is 15.9 Å². The zero-order valence-corrected chi connectivity index (χ0v) is 9.77. The lowest BCUT2D eigenvalue weighted by Crippen LogP contribution is -2.02. The number of aromatic nitrogens is 1. The Labute approximate surface area is 96.2 Å². The summed E-state index contributed by atoms with van der Waals surface area (Å²) in [5, 5.41) is 3.64. The molecule has 0 aliphatic heterocycles. The second-order valence-corrected chi connectivity index (χ2v) is 4.32. The highest BCUT2D eigenvalue weighted by Gasteiger charge is 2.10. The summed E-state index contributed by atoms with van der Waals surface area (Å²) in [5.74, 6) is 1.48. The maximum atomic E-state index is 5.60. The first-order valence-corrected chi connectivity index (χ1v) is 5.50. The molecule has 0 aliphatic carbocycles. The molecule has 0 spiro atoms. The molecular formula is C11H10BrNO2. The zero-order chi connectivity index (χ0) is 10.7. The molecule has 0 bridgehead atoms. The maximum Gasteiger partial charge on any atom is 0.170 e. The molecule has 3 nitrogen and oxygen atoms in total. The number of ether oxygens (including phenoxy) is 1. The van der Waals surface area contributed by atoms with Gasteiger partial charge in [0.1, 0.15) is 5.75 Å². The fraction of sp³-hybridized carbons (Fsp3) is 0.182. The van der Waals surface area contributed by atoms with E-state index in [1.54, 1.807) is 12.3 Å². The van der Waals surface area contributed by atoms with E-state index in [4.69, 9.17) is 9.26 Å². The lowest BCUT2D eigenvalue weighted by molar-refractivity contribution is 0.314. The Balaban J connectivity index is 2.38. The molecule has 1 aromatic carbocycles. The van der Waals surface area contributed by atoms with Crippen LogP contribution in [0.15, 0.2) is 41.1 Å². The molecule has 1 aromatic heterocycles. The molecule has 4 heteroatoms. The molecule has 15 heavy (non-hydrogen) atoms. The predicted octanol–water partition coefficient (Wildman–Crippen LogP) is 3.46. The van der Waals surface area contributed by atoms with Crippen LogP contribution in [-0.2, 0) is 0 Å². The number of nitrogens with zero attached hydrogens (tertiary/aromatic N) is 1. The van der Waals surface area contributed by atoms with Crippen molar-refractivity contribution in [3.05, 3.63) is 36.5 Å². The van der Waals surface area contributed by atoms with Gasteiger partial charge in [0.15, 0.2) is 10.8 Å². The third kappa shape index (κ3) is 2.39. The first kappa shape index (κ1) is 10.2. The van der Waals surface area contributed by atoms with Gasteiger partial charge >= 0.3 is 0 Å². The van der Waals surface area contributed by atoms with Crippen molar-refractivity contribution in [3.8, 4) is 17.1 Å². The minimum Gasteiger partial charge on any atom is -0.479 e. The molecule has 0 amide bonds. The van der Waals surface area contributed by atoms with Crippen LogP contribution in [0.5, 0.6) is 5.75 Å². The Hall–Kier alpha value is -1.29. The summed E-state index contributed by atoms with van der Waals surface area (Å²) in [6.45, 7) is 1.91. The van der Waals surface area contributed by atoms with Gasteiger partial charge in [-0.2, -0.15) is 0 Å². The molecule has 1 unspecified atom stereocenters. The molecule has 2 rings (SSSR count). The Kier molecular flexibility index (Phi) is 3.06. The summed E-state index contributed by atoms with van der Waals surface area (Å²) < 4.78 is 10.7. The molecule has 78 valence electrons. The van der Waals surface area contributed by atoms with Crippen LogP contribution in [0.4, 0.5) is 0 Å². The smallest absolute Gasteiger partial charge is 0.170 e. The minimum absolute atomic E-state index is 0.0402. The molecule has 0 N–H and O–H groups in total. The van der Waals surface area contributed by atoms with Gasteiger partial charge in [0.25, 0.3) is 0 Å². The van der Waals surface area contributed by atoms with Crippen molar-refractivity contribution in [2.75, 3.05) is 0 Å². The van der Waals surface area contributed by atoms with Crippen molar-refractivity contribution < 1.29 is 9.26 Å². The monoisotopic (exact) mass is 267 g/mol. The third-order valence-electron chi connectivity index (χ3n) is 1.88. The van der Waals surface area contributed by atoms with E-state index in [1.807, 2.05) is 31.2 Å². The number of halogens is 1. The third-order valence-corrected chi connectivity index (χ3v) is 2.07. The number of rotatable bonds is 3. The molecule has 0 saturated carbocycles. The van der Waals surface area contributed by atoms with Gasteiger partial charge < -0.3 is 9.26 Å². The fourth-order valence-corrected chi connectivity index (χ4v) is 1.50. The van der Waals surface area contributed by atoms with E-state index in [9.17, 15) is 0 Å². The molecule has 2 aromatic rings. The van der Waals surface area contributed by atoms with Crippen molar-refractivity contribution in [1.29, 1.82) is 0 Å². The largest absolute Gasteiger partial charge is 0.479 e. The van der Waals surface area contributed by atoms with Gasteiger partial charge in [0.2, 0.25) is 0 Å². The van der Waals surface area contributed by atoms with E-state index in [-0.39, 0.29) is 5.01 Å². The quantitative estimate of drug-likeness (QED) is 0.799. The van der Waals surface area contributed by atoms with Crippen molar-refractivity contribution in [3.63, 3.8) is 0 Å². The van der Waals surface area contributed by atoms with E-state index in [2.05, 4.69) is 21.1 Å². The SMILES string of the molecule is CC(Br)Oc1ccccc1-c1ccno1. The standard InChI is InChI=1S/C11H10BrNO2/c1-8(12)14-10-5-3-2-4-9(10)11-6-7-13-15-11/h2-8H,1H3. The van der Waals surface area contributed by atoms with E-state index in [0.29, 0.717) is 5.76 Å². The average molecular weight is 268 g/mol. The van der Waals surface area contributed by atoms with E-state index >= 15 is 0 Å². The predicted molar refractivity (Wildman–Crippen MR) is 61.0 cm³/mol. The van der Waals surface area contributed by atoms with Crippen LogP contribution in [0.3, 0.4) is 0 Å². The van der Waals surface area contributed by atoms with Crippen LogP contribution in [0, 0.1) is 0 Å². The van der Waals surface area contributed by atoms with Gasteiger partial charge in [-0.3, -0.25) is 0 Å². The van der Waals surface area contributed by atoms with Crippen LogP contribution in [0.2, 0.25) is 0 Å². The van der Waals surface area contributed by atoms with Gasteiger partial charge in [0.05, 0.1) is 11.8 Å². The highest BCUT2D eigenvalue weighted by molar-refractivity contribution is 9.09. The van der Waals surface area contributed by atoms with E-state index in [1.165, 1.54) is 0 Å². The van der Waals surface area contributed by atoms with Crippen molar-refractivity contribution in [2.24, 2.45) is 0 Å². The normalized spacial score (nSPS) is 12.4. The van der Waals surface area contributed by atoms with Crippen LogP contribution in [0.1, 0.15) is 6.92 Å². The van der Waals surface area contributed by atoms with Gasteiger partial charge in [-0.15, -0.1) is 0 Å². The number of benzene rings is 1. The highest BCUT2D eigenvalue weighted by Crippen LogP contribution is 2.30. The molecule has 0 saturated heterocycles. The van der Waals surface area contributed by atoms with Gasteiger partial charge in [-0.25, -0.2) is 0 Å². The lowest BCUT2D eigenvalue weighted by atomic mass is 10.1.